The molecule has 10 heavy (non-hydrogen) atoms. The van der Waals surface area contributed by atoms with Gasteiger partial charge in [0, 0.05) is 0 Å². The summed E-state index contributed by atoms with van der Waals surface area (Å²) in [6.07, 6.45) is -3.57. The molecule has 5 heteroatoms. The Bertz CT molecular complexity index is 83.5. The molecule has 0 saturated carbocycles. The van der Waals surface area contributed by atoms with E-state index < -0.39 is 6.36 Å². The number of nitrogens with two attached hydrogens (primary N) is 1. The lowest BCUT2D eigenvalue weighted by Crippen LogP contribution is -2.14. The fraction of sp³-hybridized carbons (Fsp3) is 1.00. The molecule has 2 nitrogen and oxygen atoms in total. The number of hydrogen-bond acceptors (Lipinski definition) is 2. The van der Waals surface area contributed by atoms with Crippen LogP contribution < -0.4 is 5.73 Å². The van der Waals surface area contributed by atoms with Crippen molar-refractivity contribution < 1.29 is 17.9 Å². The Labute approximate surface area is 57.1 Å². The fourth-order valence-electron chi connectivity index (χ4n) is 0.434. The van der Waals surface area contributed by atoms with Crippen molar-refractivity contribution in [2.45, 2.75) is 19.2 Å². The molecule has 0 saturated heterocycles. The van der Waals surface area contributed by atoms with E-state index in [2.05, 4.69) is 4.74 Å². The van der Waals surface area contributed by atoms with Crippen LogP contribution in [-0.2, 0) is 4.74 Å². The topological polar surface area (TPSA) is 35.2 Å². The minimum absolute atomic E-state index is 0.291. The molecule has 62 valence electrons. The maximum Gasteiger partial charge on any atom is 0.522 e. The van der Waals surface area contributed by atoms with Gasteiger partial charge in [-0.3, -0.25) is 4.74 Å². The van der Waals surface area contributed by atoms with E-state index in [-0.39, 0.29) is 6.61 Å². The molecule has 0 aromatic carbocycles. The minimum Gasteiger partial charge on any atom is -0.330 e. The Morgan fingerprint density at radius 1 is 1.20 bits per heavy atom. The molecule has 0 radical (unpaired) electrons. The first kappa shape index (κ1) is 9.71. The summed E-state index contributed by atoms with van der Waals surface area (Å²) in [6.45, 7) is 0.113. The quantitative estimate of drug-likeness (QED) is 0.623. The molecule has 0 spiro atoms. The lowest BCUT2D eigenvalue weighted by Gasteiger charge is -2.05. The van der Waals surface area contributed by atoms with Crippen molar-refractivity contribution in [2.24, 2.45) is 5.73 Å². The smallest absolute Gasteiger partial charge is 0.330 e. The molecule has 0 heterocycles. The summed E-state index contributed by atoms with van der Waals surface area (Å²) in [5, 5.41) is 0. The van der Waals surface area contributed by atoms with Gasteiger partial charge in [0.2, 0.25) is 0 Å². The standard InChI is InChI=1S/C5H10F3NO/c6-5(7,8)10-4-2-1-3-9/h1-4,9H2. The van der Waals surface area contributed by atoms with Gasteiger partial charge in [0.15, 0.2) is 0 Å². The summed E-state index contributed by atoms with van der Waals surface area (Å²) in [6, 6.07) is 0. The zero-order chi connectivity index (χ0) is 8.04. The Kier molecular flexibility index (Phi) is 4.38. The highest BCUT2D eigenvalue weighted by Crippen LogP contribution is 2.16. The van der Waals surface area contributed by atoms with E-state index in [9.17, 15) is 13.2 Å². The summed E-state index contributed by atoms with van der Waals surface area (Å²) in [4.78, 5) is 0. The predicted molar refractivity (Wildman–Crippen MR) is 30.3 cm³/mol. The van der Waals surface area contributed by atoms with Crippen LogP contribution in [0.5, 0.6) is 0 Å². The molecule has 0 atom stereocenters. The monoisotopic (exact) mass is 157 g/mol. The average molecular weight is 157 g/mol. The summed E-state index contributed by atoms with van der Waals surface area (Å²) in [5.41, 5.74) is 5.04. The van der Waals surface area contributed by atoms with E-state index in [1.165, 1.54) is 0 Å². The van der Waals surface area contributed by atoms with Gasteiger partial charge in [0.05, 0.1) is 6.61 Å². The van der Waals surface area contributed by atoms with Crippen LogP contribution in [0, 0.1) is 0 Å². The molecule has 0 rings (SSSR count). The van der Waals surface area contributed by atoms with Crippen LogP contribution in [-0.4, -0.2) is 19.5 Å². The van der Waals surface area contributed by atoms with Crippen LogP contribution in [0.25, 0.3) is 0 Å². The first-order valence-corrected chi connectivity index (χ1v) is 2.97. The van der Waals surface area contributed by atoms with Crippen molar-refractivity contribution in [3.8, 4) is 0 Å². The molecule has 0 unspecified atom stereocenters. The van der Waals surface area contributed by atoms with Crippen LogP contribution in [0.15, 0.2) is 0 Å². The highest BCUT2D eigenvalue weighted by molar-refractivity contribution is 4.39. The van der Waals surface area contributed by atoms with Crippen molar-refractivity contribution in [3.63, 3.8) is 0 Å². The molecule has 0 bridgehead atoms. The number of hydrogen-bond donors (Lipinski definition) is 1. The average Bonchev–Trinajstić information content (AvgIpc) is 1.78. The number of unbranched alkanes of at least 4 members (excludes halogenated alkanes) is 1. The Hall–Kier alpha value is -0.290. The van der Waals surface area contributed by atoms with Crippen LogP contribution in [0.3, 0.4) is 0 Å². The van der Waals surface area contributed by atoms with Crippen LogP contribution in [0.2, 0.25) is 0 Å². The summed E-state index contributed by atoms with van der Waals surface area (Å²) in [7, 11) is 0. The van der Waals surface area contributed by atoms with Gasteiger partial charge in [-0.15, -0.1) is 13.2 Å². The normalized spacial score (nSPS) is 12.0. The maximum atomic E-state index is 11.2. The van der Waals surface area contributed by atoms with Gasteiger partial charge < -0.3 is 5.73 Å². The van der Waals surface area contributed by atoms with Crippen LogP contribution in [0.1, 0.15) is 12.8 Å². The number of ether oxygens (including phenoxy) is 1. The predicted octanol–water partition coefficient (Wildman–Crippen LogP) is 1.26. The van der Waals surface area contributed by atoms with Gasteiger partial charge in [0.1, 0.15) is 0 Å². The zero-order valence-corrected chi connectivity index (χ0v) is 5.45. The van der Waals surface area contributed by atoms with Gasteiger partial charge in [-0.05, 0) is 19.4 Å². The van der Waals surface area contributed by atoms with Crippen molar-refractivity contribution >= 4 is 0 Å². The van der Waals surface area contributed by atoms with Gasteiger partial charge in [0.25, 0.3) is 0 Å². The number of alkyl halides is 3. The second kappa shape index (κ2) is 4.51. The second-order valence-electron chi connectivity index (χ2n) is 1.79. The summed E-state index contributed by atoms with van der Waals surface area (Å²) in [5.74, 6) is 0. The number of halogens is 3. The van der Waals surface area contributed by atoms with Crippen LogP contribution in [0.4, 0.5) is 13.2 Å². The molecule has 0 aliphatic heterocycles. The molecule has 0 aromatic heterocycles. The molecular formula is C5H10F3NO. The second-order valence-corrected chi connectivity index (χ2v) is 1.79. The first-order valence-electron chi connectivity index (χ1n) is 2.97. The summed E-state index contributed by atoms with van der Waals surface area (Å²) < 4.78 is 37.2. The molecule has 0 aliphatic rings. The Morgan fingerprint density at radius 2 is 1.80 bits per heavy atom. The van der Waals surface area contributed by atoms with E-state index >= 15 is 0 Å². The molecule has 2 N–H and O–H groups in total. The SMILES string of the molecule is NCCCCOC(F)(F)F. The van der Waals surface area contributed by atoms with Crippen molar-refractivity contribution in [3.05, 3.63) is 0 Å². The maximum absolute atomic E-state index is 11.2. The third-order valence-electron chi connectivity index (χ3n) is 0.864. The van der Waals surface area contributed by atoms with Gasteiger partial charge in [-0.2, -0.15) is 0 Å². The third-order valence-corrected chi connectivity index (χ3v) is 0.864. The number of rotatable bonds is 4. The lowest BCUT2D eigenvalue weighted by molar-refractivity contribution is -0.324. The molecule has 0 aliphatic carbocycles. The molecule has 0 fully saturated rings. The van der Waals surface area contributed by atoms with Gasteiger partial charge in [-0.1, -0.05) is 0 Å². The van der Waals surface area contributed by atoms with E-state index in [1.54, 1.807) is 0 Å². The van der Waals surface area contributed by atoms with E-state index in [4.69, 9.17) is 5.73 Å². The minimum atomic E-state index is -4.49. The third kappa shape index (κ3) is 7.71. The molecule has 0 aromatic rings. The Balaban J connectivity index is 3.04. The van der Waals surface area contributed by atoms with E-state index in [0.29, 0.717) is 19.4 Å². The van der Waals surface area contributed by atoms with Gasteiger partial charge in [-0.25, -0.2) is 0 Å². The zero-order valence-electron chi connectivity index (χ0n) is 5.45. The van der Waals surface area contributed by atoms with Crippen LogP contribution >= 0.6 is 0 Å². The highest BCUT2D eigenvalue weighted by Gasteiger charge is 2.28. The van der Waals surface area contributed by atoms with E-state index in [0.717, 1.165) is 0 Å². The Morgan fingerprint density at radius 3 is 2.20 bits per heavy atom. The molecular weight excluding hydrogens is 147 g/mol. The van der Waals surface area contributed by atoms with Crippen molar-refractivity contribution in [1.82, 2.24) is 0 Å². The molecule has 0 amide bonds. The van der Waals surface area contributed by atoms with Crippen molar-refractivity contribution in [1.29, 1.82) is 0 Å². The summed E-state index contributed by atoms with van der Waals surface area (Å²) >= 11 is 0. The van der Waals surface area contributed by atoms with Gasteiger partial charge >= 0.3 is 6.36 Å². The fourth-order valence-corrected chi connectivity index (χ4v) is 0.434. The van der Waals surface area contributed by atoms with E-state index in [1.807, 2.05) is 0 Å². The first-order chi connectivity index (χ1) is 4.56. The van der Waals surface area contributed by atoms with Crippen molar-refractivity contribution in [2.75, 3.05) is 13.2 Å². The largest absolute Gasteiger partial charge is 0.522 e. The lowest BCUT2D eigenvalue weighted by atomic mass is 10.3. The highest BCUT2D eigenvalue weighted by atomic mass is 19.4.